The normalized spacial score (nSPS) is 16.5. The summed E-state index contributed by atoms with van der Waals surface area (Å²) in [6.07, 6.45) is 1.39. The quantitative estimate of drug-likeness (QED) is 0.783. The molecule has 26 heavy (non-hydrogen) atoms. The van der Waals surface area contributed by atoms with Crippen molar-refractivity contribution in [2.24, 2.45) is 0 Å². The van der Waals surface area contributed by atoms with Crippen molar-refractivity contribution in [3.8, 4) is 0 Å². The summed E-state index contributed by atoms with van der Waals surface area (Å²) in [6.45, 7) is 0.899. The van der Waals surface area contributed by atoms with Crippen LogP contribution in [0.4, 0.5) is 5.69 Å². The summed E-state index contributed by atoms with van der Waals surface area (Å²) >= 11 is 12.0. The van der Waals surface area contributed by atoms with Gasteiger partial charge in [0.05, 0.1) is 10.6 Å². The van der Waals surface area contributed by atoms with Crippen LogP contribution >= 0.6 is 23.2 Å². The minimum atomic E-state index is -0.507. The number of nitrogens with one attached hydrogen (secondary N) is 1. The second-order valence-corrected chi connectivity index (χ2v) is 7.08. The highest BCUT2D eigenvalue weighted by molar-refractivity contribution is 6.34. The van der Waals surface area contributed by atoms with Crippen molar-refractivity contribution in [1.29, 1.82) is 0 Å². The number of nitrogen functional groups attached to an aromatic ring is 1. The zero-order valence-electron chi connectivity index (χ0n) is 14.0. The van der Waals surface area contributed by atoms with E-state index in [1.165, 1.54) is 0 Å². The van der Waals surface area contributed by atoms with Gasteiger partial charge >= 0.3 is 0 Å². The van der Waals surface area contributed by atoms with E-state index in [1.807, 2.05) is 12.1 Å². The molecular weight excluding hydrogens is 373 g/mol. The van der Waals surface area contributed by atoms with Crippen molar-refractivity contribution in [2.75, 3.05) is 12.3 Å². The predicted molar refractivity (Wildman–Crippen MR) is 103 cm³/mol. The van der Waals surface area contributed by atoms with Gasteiger partial charge in [-0.15, -0.1) is 0 Å². The topological polar surface area (TPSA) is 75.4 Å². The van der Waals surface area contributed by atoms with Gasteiger partial charge in [-0.1, -0.05) is 35.3 Å². The number of anilines is 1. The molecule has 1 atom stereocenters. The molecule has 2 aromatic rings. The first-order valence-electron chi connectivity index (χ1n) is 8.34. The Hall–Kier alpha value is -2.24. The minimum Gasteiger partial charge on any atom is -0.399 e. The van der Waals surface area contributed by atoms with Crippen LogP contribution in [0.1, 0.15) is 28.8 Å². The fourth-order valence-corrected chi connectivity index (χ4v) is 3.38. The van der Waals surface area contributed by atoms with Crippen LogP contribution in [0.15, 0.2) is 42.5 Å². The summed E-state index contributed by atoms with van der Waals surface area (Å²) in [5.74, 6) is -0.447. The van der Waals surface area contributed by atoms with Gasteiger partial charge in [0.1, 0.15) is 6.04 Å². The van der Waals surface area contributed by atoms with Gasteiger partial charge in [0.15, 0.2) is 0 Å². The monoisotopic (exact) mass is 391 g/mol. The van der Waals surface area contributed by atoms with Gasteiger partial charge in [0.2, 0.25) is 5.91 Å². The zero-order valence-corrected chi connectivity index (χ0v) is 15.6. The molecule has 0 saturated carbocycles. The lowest BCUT2D eigenvalue weighted by atomic mass is 10.1. The van der Waals surface area contributed by atoms with Crippen molar-refractivity contribution < 1.29 is 9.59 Å². The van der Waals surface area contributed by atoms with E-state index in [4.69, 9.17) is 28.9 Å². The van der Waals surface area contributed by atoms with Gasteiger partial charge in [0, 0.05) is 23.8 Å². The number of carbonyl (C=O) groups is 2. The Balaban J connectivity index is 1.68. The molecule has 0 radical (unpaired) electrons. The second kappa shape index (κ2) is 7.98. The van der Waals surface area contributed by atoms with E-state index in [1.54, 1.807) is 35.2 Å². The molecule has 0 aromatic heterocycles. The molecule has 7 heteroatoms. The summed E-state index contributed by atoms with van der Waals surface area (Å²) in [6, 6.07) is 11.5. The van der Waals surface area contributed by atoms with Crippen molar-refractivity contribution in [3.05, 3.63) is 63.6 Å². The first kappa shape index (κ1) is 18.5. The van der Waals surface area contributed by atoms with Gasteiger partial charge in [-0.25, -0.2) is 0 Å². The third-order valence-corrected chi connectivity index (χ3v) is 5.00. The molecule has 2 amide bonds. The number of halogens is 2. The maximum Gasteiger partial charge on any atom is 0.256 e. The van der Waals surface area contributed by atoms with Crippen LogP contribution < -0.4 is 11.1 Å². The molecule has 3 rings (SSSR count). The van der Waals surface area contributed by atoms with E-state index in [-0.39, 0.29) is 11.8 Å². The molecule has 0 bridgehead atoms. The molecule has 0 unspecified atom stereocenters. The average Bonchev–Trinajstić information content (AvgIpc) is 3.12. The number of nitrogens with two attached hydrogens (primary N) is 1. The number of hydrogen-bond donors (Lipinski definition) is 2. The standard InChI is InChI=1S/C19H19Cl2N3O2/c20-13-5-3-12(4-6-13)11-23-18(25)17-2-1-9-24(17)19(26)15-10-14(22)7-8-16(15)21/h3-8,10,17H,1-2,9,11,22H2,(H,23,25)/t17-/m0/s1. The number of rotatable bonds is 4. The third-order valence-electron chi connectivity index (χ3n) is 4.42. The van der Waals surface area contributed by atoms with Crippen molar-refractivity contribution in [2.45, 2.75) is 25.4 Å². The Kier molecular flexibility index (Phi) is 5.69. The number of nitrogens with zero attached hydrogens (tertiary/aromatic N) is 1. The lowest BCUT2D eigenvalue weighted by Gasteiger charge is -2.24. The molecule has 1 heterocycles. The van der Waals surface area contributed by atoms with Crippen LogP contribution in [-0.4, -0.2) is 29.3 Å². The van der Waals surface area contributed by atoms with Gasteiger partial charge < -0.3 is 16.0 Å². The fraction of sp³-hybridized carbons (Fsp3) is 0.263. The Morgan fingerprint density at radius 1 is 1.15 bits per heavy atom. The van der Waals surface area contributed by atoms with Crippen LogP contribution in [0.5, 0.6) is 0 Å². The van der Waals surface area contributed by atoms with Crippen LogP contribution in [0.25, 0.3) is 0 Å². The van der Waals surface area contributed by atoms with Crippen molar-refractivity contribution in [1.82, 2.24) is 10.2 Å². The number of amides is 2. The summed E-state index contributed by atoms with van der Waals surface area (Å²) in [5, 5.41) is 3.86. The van der Waals surface area contributed by atoms with E-state index in [2.05, 4.69) is 5.32 Å². The van der Waals surface area contributed by atoms with Gasteiger partial charge in [-0.05, 0) is 48.7 Å². The van der Waals surface area contributed by atoms with Crippen LogP contribution in [0, 0.1) is 0 Å². The lowest BCUT2D eigenvalue weighted by molar-refractivity contribution is -0.125. The zero-order chi connectivity index (χ0) is 18.7. The van der Waals surface area contributed by atoms with E-state index >= 15 is 0 Å². The average molecular weight is 392 g/mol. The van der Waals surface area contributed by atoms with E-state index < -0.39 is 6.04 Å². The number of hydrogen-bond acceptors (Lipinski definition) is 3. The summed E-state index contributed by atoms with van der Waals surface area (Å²) in [4.78, 5) is 27.0. The second-order valence-electron chi connectivity index (χ2n) is 6.24. The lowest BCUT2D eigenvalue weighted by Crippen LogP contribution is -2.45. The van der Waals surface area contributed by atoms with E-state index in [9.17, 15) is 9.59 Å². The van der Waals surface area contributed by atoms with Gasteiger partial charge in [-0.2, -0.15) is 0 Å². The molecule has 2 aromatic carbocycles. The first-order valence-corrected chi connectivity index (χ1v) is 9.09. The Bertz CT molecular complexity index is 824. The molecule has 0 spiro atoms. The van der Waals surface area contributed by atoms with Crippen molar-refractivity contribution >= 4 is 40.7 Å². The molecule has 1 aliphatic heterocycles. The predicted octanol–water partition coefficient (Wildman–Crippen LogP) is 3.50. The molecule has 1 fully saturated rings. The molecular formula is C19H19Cl2N3O2. The Morgan fingerprint density at radius 2 is 1.88 bits per heavy atom. The van der Waals surface area contributed by atoms with Gasteiger partial charge in [0.25, 0.3) is 5.91 Å². The first-order chi connectivity index (χ1) is 12.5. The number of benzene rings is 2. The van der Waals surface area contributed by atoms with Crippen LogP contribution in [-0.2, 0) is 11.3 Å². The molecule has 1 saturated heterocycles. The highest BCUT2D eigenvalue weighted by Crippen LogP contribution is 2.25. The molecule has 136 valence electrons. The van der Waals surface area contributed by atoms with E-state index in [0.717, 1.165) is 12.0 Å². The largest absolute Gasteiger partial charge is 0.399 e. The maximum absolute atomic E-state index is 12.8. The Labute approximate surface area is 162 Å². The highest BCUT2D eigenvalue weighted by Gasteiger charge is 2.35. The van der Waals surface area contributed by atoms with Crippen LogP contribution in [0.2, 0.25) is 10.0 Å². The molecule has 0 aliphatic carbocycles. The smallest absolute Gasteiger partial charge is 0.256 e. The number of carbonyl (C=O) groups excluding carboxylic acids is 2. The van der Waals surface area contributed by atoms with Crippen LogP contribution in [0.3, 0.4) is 0 Å². The summed E-state index contributed by atoms with van der Waals surface area (Å²) in [7, 11) is 0. The highest BCUT2D eigenvalue weighted by atomic mass is 35.5. The SMILES string of the molecule is Nc1ccc(Cl)c(C(=O)N2CCC[C@H]2C(=O)NCc2ccc(Cl)cc2)c1. The Morgan fingerprint density at radius 3 is 2.62 bits per heavy atom. The molecule has 1 aliphatic rings. The fourth-order valence-electron chi connectivity index (χ4n) is 3.05. The maximum atomic E-state index is 12.8. The molecule has 5 nitrogen and oxygen atoms in total. The van der Waals surface area contributed by atoms with Crippen molar-refractivity contribution in [3.63, 3.8) is 0 Å². The number of likely N-dealkylation sites (tertiary alicyclic amines) is 1. The van der Waals surface area contributed by atoms with Gasteiger partial charge in [-0.3, -0.25) is 9.59 Å². The summed E-state index contributed by atoms with van der Waals surface area (Å²) in [5.41, 5.74) is 7.49. The minimum absolute atomic E-state index is 0.175. The summed E-state index contributed by atoms with van der Waals surface area (Å²) < 4.78 is 0. The third kappa shape index (κ3) is 4.11. The van der Waals surface area contributed by atoms with E-state index in [0.29, 0.717) is 40.8 Å². The molecule has 3 N–H and O–H groups in total.